The summed E-state index contributed by atoms with van der Waals surface area (Å²) in [6, 6.07) is 8.96. The molecule has 0 saturated carbocycles. The highest BCUT2D eigenvalue weighted by molar-refractivity contribution is 5.94. The topological polar surface area (TPSA) is 122 Å². The molecule has 1 unspecified atom stereocenters. The second-order valence-electron chi connectivity index (χ2n) is 9.13. The molecular weight excluding hydrogens is 444 g/mol. The van der Waals surface area contributed by atoms with Gasteiger partial charge in [-0.05, 0) is 44.0 Å². The summed E-state index contributed by atoms with van der Waals surface area (Å²) in [5.41, 5.74) is 9.40. The number of rotatable bonds is 7. The first-order valence-electron chi connectivity index (χ1n) is 11.7. The first-order chi connectivity index (χ1) is 16.7. The third-order valence-electron chi connectivity index (χ3n) is 6.32. The summed E-state index contributed by atoms with van der Waals surface area (Å²) in [4.78, 5) is 38.2. The number of likely N-dealkylation sites (tertiary alicyclic amines) is 1. The molecule has 1 aliphatic rings. The van der Waals surface area contributed by atoms with Gasteiger partial charge in [0.1, 0.15) is 0 Å². The first kappa shape index (κ1) is 24.3. The van der Waals surface area contributed by atoms with Crippen molar-refractivity contribution < 1.29 is 9.59 Å². The van der Waals surface area contributed by atoms with Gasteiger partial charge in [0.2, 0.25) is 17.8 Å². The van der Waals surface area contributed by atoms with E-state index in [-0.39, 0.29) is 18.5 Å². The Hall–Kier alpha value is -3.79. The smallest absolute Gasteiger partial charge is 0.248 e. The number of aromatic nitrogens is 4. The van der Waals surface area contributed by atoms with Crippen molar-refractivity contribution in [2.45, 2.75) is 32.2 Å². The number of benzene rings is 1. The molecule has 0 spiro atoms. The lowest BCUT2D eigenvalue weighted by molar-refractivity contribution is -0.118. The number of anilines is 2. The number of aryl methyl sites for hydroxylation is 2. The van der Waals surface area contributed by atoms with Gasteiger partial charge in [0.25, 0.3) is 0 Å². The fraction of sp³-hybridized carbons (Fsp3) is 0.400. The van der Waals surface area contributed by atoms with Gasteiger partial charge in [0.05, 0.1) is 18.3 Å². The minimum Gasteiger partial charge on any atom is -0.366 e. The van der Waals surface area contributed by atoms with Crippen LogP contribution in [0.15, 0.2) is 36.5 Å². The molecule has 35 heavy (non-hydrogen) atoms. The van der Waals surface area contributed by atoms with Crippen LogP contribution in [-0.4, -0.2) is 63.6 Å². The first-order valence-corrected chi connectivity index (χ1v) is 11.7. The maximum Gasteiger partial charge on any atom is 0.248 e. The van der Waals surface area contributed by atoms with Crippen molar-refractivity contribution in [2.75, 3.05) is 37.4 Å². The van der Waals surface area contributed by atoms with Crippen LogP contribution in [0.5, 0.6) is 0 Å². The van der Waals surface area contributed by atoms with Crippen molar-refractivity contribution in [3.8, 4) is 11.1 Å². The standard InChI is InChI=1S/C25H32N8O2/c1-16-12-21(30-32(16)4)28-22(34)15-33-11-6-5-10-20(33)23-19(14-27-25(29-23)31(2)3)17-8-7-9-18(13-17)24(26)35/h7-9,12-14,20H,5-6,10-11,15H2,1-4H3,(H2,26,35)(H,28,30,34). The monoisotopic (exact) mass is 476 g/mol. The molecule has 1 fully saturated rings. The van der Waals surface area contributed by atoms with E-state index in [2.05, 4.69) is 20.3 Å². The van der Waals surface area contributed by atoms with Crippen LogP contribution < -0.4 is 16.0 Å². The van der Waals surface area contributed by atoms with E-state index in [1.54, 1.807) is 29.1 Å². The summed E-state index contributed by atoms with van der Waals surface area (Å²) in [6.45, 7) is 2.94. The molecule has 3 heterocycles. The van der Waals surface area contributed by atoms with Crippen LogP contribution in [0.4, 0.5) is 11.8 Å². The summed E-state index contributed by atoms with van der Waals surface area (Å²) in [5.74, 6) is 0.535. The van der Waals surface area contributed by atoms with Gasteiger partial charge in [-0.2, -0.15) is 5.10 Å². The molecule has 10 nitrogen and oxygen atoms in total. The third kappa shape index (κ3) is 5.48. The quantitative estimate of drug-likeness (QED) is 0.537. The fourth-order valence-electron chi connectivity index (χ4n) is 4.40. The Labute approximate surface area is 205 Å². The summed E-state index contributed by atoms with van der Waals surface area (Å²) in [6.07, 6.45) is 4.69. The van der Waals surface area contributed by atoms with Crippen molar-refractivity contribution in [3.05, 3.63) is 53.5 Å². The molecule has 0 radical (unpaired) electrons. The number of primary amides is 1. The molecule has 2 aromatic heterocycles. The highest BCUT2D eigenvalue weighted by atomic mass is 16.2. The van der Waals surface area contributed by atoms with Crippen molar-refractivity contribution in [1.29, 1.82) is 0 Å². The largest absolute Gasteiger partial charge is 0.366 e. The average molecular weight is 477 g/mol. The Morgan fingerprint density at radius 2 is 2.03 bits per heavy atom. The van der Waals surface area contributed by atoms with E-state index in [1.807, 2.05) is 45.1 Å². The Balaban J connectivity index is 1.67. The maximum atomic E-state index is 12.9. The van der Waals surface area contributed by atoms with Crippen molar-refractivity contribution in [3.63, 3.8) is 0 Å². The van der Waals surface area contributed by atoms with Crippen LogP contribution in [0.3, 0.4) is 0 Å². The van der Waals surface area contributed by atoms with E-state index >= 15 is 0 Å². The zero-order valence-electron chi connectivity index (χ0n) is 20.7. The second-order valence-corrected chi connectivity index (χ2v) is 9.13. The molecule has 4 rings (SSSR count). The Morgan fingerprint density at radius 1 is 1.23 bits per heavy atom. The number of hydrogen-bond donors (Lipinski definition) is 2. The third-order valence-corrected chi connectivity index (χ3v) is 6.32. The summed E-state index contributed by atoms with van der Waals surface area (Å²) in [5, 5.41) is 7.24. The Morgan fingerprint density at radius 3 is 2.71 bits per heavy atom. The van der Waals surface area contributed by atoms with E-state index in [9.17, 15) is 9.59 Å². The predicted octanol–water partition coefficient (Wildman–Crippen LogP) is 2.52. The number of hydrogen-bond acceptors (Lipinski definition) is 7. The molecule has 3 aromatic rings. The van der Waals surface area contributed by atoms with Gasteiger partial charge in [-0.3, -0.25) is 19.2 Å². The lowest BCUT2D eigenvalue weighted by Crippen LogP contribution is -2.40. The van der Waals surface area contributed by atoms with Crippen LogP contribution in [-0.2, 0) is 11.8 Å². The maximum absolute atomic E-state index is 12.9. The minimum atomic E-state index is -0.486. The molecule has 10 heteroatoms. The van der Waals surface area contributed by atoms with Crippen LogP contribution in [0, 0.1) is 6.92 Å². The number of nitrogens with two attached hydrogens (primary N) is 1. The molecule has 2 amide bonds. The van der Waals surface area contributed by atoms with Gasteiger partial charge >= 0.3 is 0 Å². The number of nitrogens with zero attached hydrogens (tertiary/aromatic N) is 6. The molecule has 3 N–H and O–H groups in total. The van der Waals surface area contributed by atoms with E-state index < -0.39 is 5.91 Å². The normalized spacial score (nSPS) is 16.2. The van der Waals surface area contributed by atoms with Crippen molar-refractivity contribution in [2.24, 2.45) is 12.8 Å². The number of carbonyl (C=O) groups is 2. The molecule has 1 aromatic carbocycles. The molecule has 0 aliphatic carbocycles. The minimum absolute atomic E-state index is 0.0751. The highest BCUT2D eigenvalue weighted by Crippen LogP contribution is 2.36. The Bertz CT molecular complexity index is 1220. The zero-order chi connectivity index (χ0) is 25.1. The molecule has 1 saturated heterocycles. The van der Waals surface area contributed by atoms with E-state index in [0.29, 0.717) is 17.3 Å². The van der Waals surface area contributed by atoms with Gasteiger partial charge in [0.15, 0.2) is 5.82 Å². The fourth-order valence-corrected chi connectivity index (χ4v) is 4.40. The number of amides is 2. The van der Waals surface area contributed by atoms with E-state index in [1.165, 1.54) is 0 Å². The van der Waals surface area contributed by atoms with Crippen LogP contribution in [0.2, 0.25) is 0 Å². The van der Waals surface area contributed by atoms with Gasteiger partial charge in [-0.15, -0.1) is 0 Å². The van der Waals surface area contributed by atoms with Gasteiger partial charge < -0.3 is 16.0 Å². The van der Waals surface area contributed by atoms with E-state index in [0.717, 1.165) is 48.3 Å². The number of carbonyl (C=O) groups excluding carboxylic acids is 2. The number of piperidine rings is 1. The molecular formula is C25H32N8O2. The summed E-state index contributed by atoms with van der Waals surface area (Å²) >= 11 is 0. The second kappa shape index (κ2) is 10.2. The number of nitrogens with one attached hydrogen (secondary N) is 1. The summed E-state index contributed by atoms with van der Waals surface area (Å²) < 4.78 is 1.73. The summed E-state index contributed by atoms with van der Waals surface area (Å²) in [7, 11) is 5.64. The lowest BCUT2D eigenvalue weighted by atomic mass is 9.93. The van der Waals surface area contributed by atoms with Gasteiger partial charge in [-0.25, -0.2) is 9.97 Å². The average Bonchev–Trinajstić information content (AvgIpc) is 3.15. The molecule has 0 bridgehead atoms. The van der Waals surface area contributed by atoms with Crippen molar-refractivity contribution >= 4 is 23.6 Å². The molecule has 1 atom stereocenters. The predicted molar refractivity (Wildman–Crippen MR) is 135 cm³/mol. The molecule has 184 valence electrons. The van der Waals surface area contributed by atoms with Gasteiger partial charge in [-0.1, -0.05) is 18.6 Å². The Kier molecular flexibility index (Phi) is 7.11. The molecule has 1 aliphatic heterocycles. The van der Waals surface area contributed by atoms with Gasteiger partial charge in [0, 0.05) is 50.2 Å². The SMILES string of the molecule is Cc1cc(NC(=O)CN2CCCCC2c2nc(N(C)C)ncc2-c2cccc(C(N)=O)c2)nn1C. The van der Waals surface area contributed by atoms with Crippen LogP contribution in [0.25, 0.3) is 11.1 Å². The van der Waals surface area contributed by atoms with Crippen molar-refractivity contribution in [1.82, 2.24) is 24.6 Å². The highest BCUT2D eigenvalue weighted by Gasteiger charge is 2.30. The van der Waals surface area contributed by atoms with Crippen LogP contribution in [0.1, 0.15) is 47.1 Å². The van der Waals surface area contributed by atoms with Crippen LogP contribution >= 0.6 is 0 Å². The lowest BCUT2D eigenvalue weighted by Gasteiger charge is -2.36. The van der Waals surface area contributed by atoms with E-state index in [4.69, 9.17) is 10.7 Å². The zero-order valence-corrected chi connectivity index (χ0v) is 20.7.